The molecule has 0 bridgehead atoms. The number of pyridine rings is 1. The number of hydrogen-bond donors (Lipinski definition) is 1. The van der Waals surface area contributed by atoms with Gasteiger partial charge in [-0.2, -0.15) is 4.98 Å². The average Bonchev–Trinajstić information content (AvgIpc) is 3.38. The van der Waals surface area contributed by atoms with Crippen molar-refractivity contribution in [2.75, 3.05) is 44.1 Å². The van der Waals surface area contributed by atoms with Gasteiger partial charge in [0, 0.05) is 68.5 Å². The van der Waals surface area contributed by atoms with Gasteiger partial charge in [0.25, 0.3) is 5.92 Å². The quantitative estimate of drug-likeness (QED) is 0.0559. The predicted octanol–water partition coefficient (Wildman–Crippen LogP) is 6.44. The van der Waals surface area contributed by atoms with Crippen LogP contribution in [0.5, 0.6) is 0 Å². The molecule has 0 aromatic carbocycles. The molecule has 2 N–H and O–H groups in total. The SMILES string of the molecule is CCCCCCCCCCCCCCCCOCCCC(CP(=O)([O-])[O-])[C@@H]1[C@@H](Cn2cnc3c(-[n+]4ccc(N(C)C)cc4)nc(N)nc32)C1(F)F. The highest BCUT2D eigenvalue weighted by atomic mass is 31.2. The van der Waals surface area contributed by atoms with Crippen LogP contribution in [-0.2, 0) is 15.8 Å². The summed E-state index contributed by atoms with van der Waals surface area (Å²) in [6.07, 6.45) is 22.7. The van der Waals surface area contributed by atoms with E-state index in [0.717, 1.165) is 18.5 Å². The number of halogens is 2. The molecular formula is C37H59F2N7O4P-. The molecule has 4 rings (SSSR count). The normalized spacial score (nSPS) is 17.6. The summed E-state index contributed by atoms with van der Waals surface area (Å²) in [6.45, 7) is 3.03. The molecule has 3 aromatic rings. The van der Waals surface area contributed by atoms with Gasteiger partial charge in [-0.15, -0.1) is 0 Å². The van der Waals surface area contributed by atoms with E-state index >= 15 is 8.78 Å². The van der Waals surface area contributed by atoms with Gasteiger partial charge in [-0.1, -0.05) is 98.0 Å². The predicted molar refractivity (Wildman–Crippen MR) is 194 cm³/mol. The molecule has 1 saturated carbocycles. The number of unbranched alkanes of at least 4 members (excludes halogenated alkanes) is 13. The summed E-state index contributed by atoms with van der Waals surface area (Å²) >= 11 is 0. The van der Waals surface area contributed by atoms with Gasteiger partial charge in [-0.25, -0.2) is 18.3 Å². The highest BCUT2D eigenvalue weighted by Crippen LogP contribution is 2.61. The number of nitrogens with two attached hydrogens (primary N) is 1. The second-order valence-corrected chi connectivity index (χ2v) is 16.1. The van der Waals surface area contributed by atoms with Crippen LogP contribution in [0.1, 0.15) is 110 Å². The van der Waals surface area contributed by atoms with Gasteiger partial charge >= 0.3 is 11.8 Å². The Balaban J connectivity index is 1.20. The molecule has 1 aliphatic carbocycles. The molecule has 1 unspecified atom stereocenters. The number of rotatable bonds is 26. The Hall–Kier alpha value is -2.73. The lowest BCUT2D eigenvalue weighted by Gasteiger charge is -2.34. The molecule has 3 aromatic heterocycles. The van der Waals surface area contributed by atoms with Crippen LogP contribution in [0, 0.1) is 17.8 Å². The number of alkyl halides is 2. The van der Waals surface area contributed by atoms with E-state index < -0.39 is 37.4 Å². The van der Waals surface area contributed by atoms with Gasteiger partial charge in [-0.3, -0.25) is 0 Å². The maximum atomic E-state index is 15.3. The fourth-order valence-corrected chi connectivity index (χ4v) is 8.23. The van der Waals surface area contributed by atoms with Gasteiger partial charge < -0.3 is 34.3 Å². The monoisotopic (exact) mass is 734 g/mol. The van der Waals surface area contributed by atoms with Crippen LogP contribution >= 0.6 is 7.60 Å². The Morgan fingerprint density at radius 1 is 0.941 bits per heavy atom. The summed E-state index contributed by atoms with van der Waals surface area (Å²) in [5.41, 5.74) is 7.69. The minimum atomic E-state index is -5.02. The average molecular weight is 735 g/mol. The van der Waals surface area contributed by atoms with E-state index in [1.54, 1.807) is 17.0 Å². The van der Waals surface area contributed by atoms with Crippen molar-refractivity contribution < 1.29 is 32.4 Å². The van der Waals surface area contributed by atoms with E-state index in [2.05, 4.69) is 21.9 Å². The molecule has 3 atom stereocenters. The summed E-state index contributed by atoms with van der Waals surface area (Å²) in [6, 6.07) is 3.79. The van der Waals surface area contributed by atoms with Gasteiger partial charge in [0.15, 0.2) is 5.65 Å². The first-order valence-corrected chi connectivity index (χ1v) is 20.8. The fourth-order valence-electron chi connectivity index (χ4n) is 7.24. The number of nitrogens with zero attached hydrogens (tertiary/aromatic N) is 6. The van der Waals surface area contributed by atoms with Crippen LogP contribution in [0.25, 0.3) is 17.0 Å². The van der Waals surface area contributed by atoms with Crippen molar-refractivity contribution in [1.29, 1.82) is 0 Å². The molecule has 0 amide bonds. The summed E-state index contributed by atoms with van der Waals surface area (Å²) in [5, 5.41) is 0. The van der Waals surface area contributed by atoms with E-state index in [0.29, 0.717) is 36.6 Å². The van der Waals surface area contributed by atoms with Crippen molar-refractivity contribution >= 4 is 30.4 Å². The zero-order chi connectivity index (χ0) is 36.9. The third-order valence-corrected chi connectivity index (χ3v) is 11.1. The molecule has 0 radical (unpaired) electrons. The van der Waals surface area contributed by atoms with Crippen LogP contribution < -0.4 is 25.0 Å². The summed E-state index contributed by atoms with van der Waals surface area (Å²) in [5.74, 6) is -6.15. The molecule has 0 aliphatic heterocycles. The Morgan fingerprint density at radius 2 is 1.51 bits per heavy atom. The standard InChI is InChI=1S/C37H60F2N7O4P/c1-4-5-6-7-8-9-10-11-12-13-14-15-16-17-24-50-25-18-19-29(27-51(47,48)49)32-31(37(32,38)39)26-46-28-41-33-34(42-36(40)43-35(33)46)45-22-20-30(21-23-45)44(2)3/h20-23,28-29,31-32H,4-19,24-27H2,1-3H3,(H3-,40,42,43,47,48,49)/p-1/t29?,31-,32-/m1/s1. The Labute approximate surface area is 302 Å². The van der Waals surface area contributed by atoms with Crippen LogP contribution in [-0.4, -0.2) is 58.9 Å². The fraction of sp³-hybridized carbons (Fsp3) is 0.730. The van der Waals surface area contributed by atoms with Crippen LogP contribution in [0.2, 0.25) is 0 Å². The Bertz CT molecular complexity index is 1520. The summed E-state index contributed by atoms with van der Waals surface area (Å²) < 4.78 is 51.4. The third kappa shape index (κ3) is 12.7. The molecule has 51 heavy (non-hydrogen) atoms. The van der Waals surface area contributed by atoms with Crippen molar-refractivity contribution in [2.45, 2.75) is 122 Å². The van der Waals surface area contributed by atoms with E-state index in [4.69, 9.17) is 10.5 Å². The van der Waals surface area contributed by atoms with Crippen LogP contribution in [0.3, 0.4) is 0 Å². The summed E-state index contributed by atoms with van der Waals surface area (Å²) in [7, 11) is -1.16. The van der Waals surface area contributed by atoms with Crippen molar-refractivity contribution in [2.24, 2.45) is 17.8 Å². The minimum Gasteiger partial charge on any atom is -0.811 e. The van der Waals surface area contributed by atoms with Crippen molar-refractivity contribution in [3.05, 3.63) is 30.9 Å². The van der Waals surface area contributed by atoms with E-state index in [1.165, 1.54) is 87.9 Å². The van der Waals surface area contributed by atoms with Gasteiger partial charge in [0.05, 0.1) is 18.7 Å². The number of imidazole rings is 1. The number of anilines is 2. The van der Waals surface area contributed by atoms with Gasteiger partial charge in [0.2, 0.25) is 5.52 Å². The topological polar surface area (TPSA) is 149 Å². The zero-order valence-electron chi connectivity index (χ0n) is 30.9. The number of hydrogen-bond acceptors (Lipinski definition) is 9. The summed E-state index contributed by atoms with van der Waals surface area (Å²) in [4.78, 5) is 38.6. The smallest absolute Gasteiger partial charge is 0.361 e. The lowest BCUT2D eigenvalue weighted by Crippen LogP contribution is -2.32. The second-order valence-electron chi connectivity index (χ2n) is 14.5. The first-order valence-electron chi connectivity index (χ1n) is 19.1. The molecule has 286 valence electrons. The van der Waals surface area contributed by atoms with E-state index in [1.807, 2.05) is 31.1 Å². The molecular weight excluding hydrogens is 675 g/mol. The van der Waals surface area contributed by atoms with Crippen molar-refractivity contribution in [3.8, 4) is 5.82 Å². The highest BCUT2D eigenvalue weighted by molar-refractivity contribution is 7.48. The third-order valence-electron chi connectivity index (χ3n) is 10.2. The first-order chi connectivity index (χ1) is 24.4. The Morgan fingerprint density at radius 3 is 2.08 bits per heavy atom. The van der Waals surface area contributed by atoms with Crippen molar-refractivity contribution in [3.63, 3.8) is 0 Å². The minimum absolute atomic E-state index is 0.0341. The second kappa shape index (κ2) is 19.9. The molecule has 1 aliphatic rings. The van der Waals surface area contributed by atoms with Gasteiger partial charge in [0.1, 0.15) is 0 Å². The molecule has 11 nitrogen and oxygen atoms in total. The number of nitrogen functional groups attached to an aromatic ring is 1. The number of aromatic nitrogens is 5. The van der Waals surface area contributed by atoms with Crippen LogP contribution in [0.15, 0.2) is 30.9 Å². The van der Waals surface area contributed by atoms with Gasteiger partial charge in [-0.05, 0) is 31.3 Å². The maximum Gasteiger partial charge on any atom is 0.361 e. The number of fused-ring (bicyclic) bond motifs is 1. The lowest BCUT2D eigenvalue weighted by atomic mass is 9.98. The van der Waals surface area contributed by atoms with E-state index in [-0.39, 0.29) is 18.9 Å². The molecule has 3 heterocycles. The molecule has 14 heteroatoms. The molecule has 0 spiro atoms. The highest BCUT2D eigenvalue weighted by Gasteiger charge is 2.70. The number of ether oxygens (including phenoxy) is 1. The van der Waals surface area contributed by atoms with E-state index in [9.17, 15) is 14.4 Å². The lowest BCUT2D eigenvalue weighted by molar-refractivity contribution is -0.598. The van der Waals surface area contributed by atoms with Crippen LogP contribution in [0.4, 0.5) is 20.4 Å². The first kappa shape index (κ1) is 41.0. The Kier molecular flexibility index (Phi) is 16.0. The zero-order valence-corrected chi connectivity index (χ0v) is 31.8. The maximum absolute atomic E-state index is 15.3. The molecule has 1 fully saturated rings. The molecule has 0 saturated heterocycles. The van der Waals surface area contributed by atoms with Crippen molar-refractivity contribution in [1.82, 2.24) is 19.5 Å². The largest absolute Gasteiger partial charge is 0.811 e.